The van der Waals surface area contributed by atoms with Gasteiger partial charge >= 0.3 is 5.97 Å². The lowest BCUT2D eigenvalue weighted by atomic mass is 9.51. The molecule has 6 aliphatic rings. The van der Waals surface area contributed by atoms with Crippen molar-refractivity contribution in [2.45, 2.75) is 110 Å². The Kier molecular flexibility index (Phi) is 7.36. The number of carboxylic acid groups (broad SMARTS) is 1. The number of phenolic OH excluding ortho intramolecular Hbond substituents is 1. The highest BCUT2D eigenvalue weighted by atomic mass is 16.6. The molecule has 7 rings (SSSR count). The average molecular weight is 629 g/mol. The highest BCUT2D eigenvalue weighted by molar-refractivity contribution is 6.19. The zero-order chi connectivity index (χ0) is 33.6. The number of hydrogen-bond donors (Lipinski definition) is 2. The van der Waals surface area contributed by atoms with Crippen LogP contribution in [0.5, 0.6) is 17.2 Å². The third kappa shape index (κ3) is 4.47. The molecule has 1 saturated heterocycles. The van der Waals surface area contributed by atoms with Gasteiger partial charge in [0.1, 0.15) is 28.4 Å². The monoisotopic (exact) mass is 628 g/mol. The van der Waals surface area contributed by atoms with Crippen molar-refractivity contribution in [3.8, 4) is 17.2 Å². The minimum absolute atomic E-state index is 0.0544. The number of aliphatic carboxylic acids is 1. The molecule has 0 aromatic heterocycles. The molecule has 2 N–H and O–H groups in total. The molecule has 1 spiro atoms. The zero-order valence-corrected chi connectivity index (χ0v) is 28.0. The van der Waals surface area contributed by atoms with Crippen molar-refractivity contribution >= 4 is 23.6 Å². The third-order valence-electron chi connectivity index (χ3n) is 10.5. The maximum absolute atomic E-state index is 14.7. The van der Waals surface area contributed by atoms with Gasteiger partial charge in [-0.1, -0.05) is 35.5 Å². The Morgan fingerprint density at radius 2 is 1.70 bits per heavy atom. The first-order chi connectivity index (χ1) is 21.5. The number of phenols is 1. The minimum atomic E-state index is -1.63. The van der Waals surface area contributed by atoms with Gasteiger partial charge in [0.15, 0.2) is 22.8 Å². The largest absolute Gasteiger partial charge is 0.506 e. The minimum Gasteiger partial charge on any atom is -0.506 e. The van der Waals surface area contributed by atoms with Gasteiger partial charge in [-0.05, 0) is 93.2 Å². The van der Waals surface area contributed by atoms with Crippen LogP contribution in [-0.2, 0) is 20.7 Å². The summed E-state index contributed by atoms with van der Waals surface area (Å²) in [5.41, 5.74) is -0.952. The van der Waals surface area contributed by atoms with Crippen LogP contribution in [0.1, 0.15) is 103 Å². The van der Waals surface area contributed by atoms with E-state index in [-0.39, 0.29) is 40.8 Å². The van der Waals surface area contributed by atoms with Crippen molar-refractivity contribution in [2.75, 3.05) is 0 Å². The van der Waals surface area contributed by atoms with Gasteiger partial charge in [-0.2, -0.15) is 0 Å². The van der Waals surface area contributed by atoms with Crippen LogP contribution in [-0.4, -0.2) is 50.2 Å². The zero-order valence-electron chi connectivity index (χ0n) is 28.0. The van der Waals surface area contributed by atoms with Crippen LogP contribution in [0.4, 0.5) is 0 Å². The van der Waals surface area contributed by atoms with E-state index in [1.807, 2.05) is 52.8 Å². The van der Waals surface area contributed by atoms with E-state index in [1.54, 1.807) is 6.08 Å². The maximum Gasteiger partial charge on any atom is 0.330 e. The Labute approximate surface area is 270 Å². The molecule has 8 heteroatoms. The standard InChI is InChI=1S/C38H44O8/c1-20(2)10-9-15-36(8)16-14-24-29(39)28-30(40)26-18-23-19-27-35(6,7)46-37(33(23)41,17-13-22(5)34(42)43)38(26,27)45-32(28)25(31(24)44-36)12-11-21(3)4/h10-11,13-14,16,18,23,27,39H,9,12,15,17,19H2,1-8H3,(H,42,43)/b22-13-/t23?,27-,36-,37+,38-/m1/s1. The van der Waals surface area contributed by atoms with E-state index in [2.05, 4.69) is 19.9 Å². The molecule has 1 aromatic carbocycles. The average Bonchev–Trinajstić information content (AvgIpc) is 3.12. The summed E-state index contributed by atoms with van der Waals surface area (Å²) in [6.45, 7) is 15.4. The smallest absolute Gasteiger partial charge is 0.330 e. The van der Waals surface area contributed by atoms with E-state index in [4.69, 9.17) is 14.2 Å². The van der Waals surface area contributed by atoms with E-state index < -0.39 is 40.1 Å². The molecular formula is C38H44O8. The van der Waals surface area contributed by atoms with Crippen LogP contribution in [0, 0.1) is 11.8 Å². The molecular weight excluding hydrogens is 584 g/mol. The van der Waals surface area contributed by atoms with E-state index in [1.165, 1.54) is 18.6 Å². The number of ketones is 2. The number of hydrogen-bond acceptors (Lipinski definition) is 7. The van der Waals surface area contributed by atoms with Crippen LogP contribution in [0.2, 0.25) is 0 Å². The number of allylic oxidation sites excluding steroid dienone is 5. The molecule has 5 atom stereocenters. The van der Waals surface area contributed by atoms with Crippen molar-refractivity contribution in [1.29, 1.82) is 0 Å². The number of fused-ring (bicyclic) bond motifs is 2. The molecule has 3 aliphatic heterocycles. The van der Waals surface area contributed by atoms with Gasteiger partial charge in [0.2, 0.25) is 0 Å². The van der Waals surface area contributed by atoms with E-state index in [0.29, 0.717) is 41.7 Å². The second kappa shape index (κ2) is 10.6. The van der Waals surface area contributed by atoms with E-state index in [9.17, 15) is 24.6 Å². The Hall–Kier alpha value is -3.91. The summed E-state index contributed by atoms with van der Waals surface area (Å²) < 4.78 is 20.6. The SMILES string of the molecule is CC(C)=CCC[C@]1(C)C=Cc2c(O)c3c(c(CC=C(C)C)c2O1)O[C@]12C(=CC4C[C@@H]1C(C)(C)O[C@@]2(C/C=C(/C)C(=O)O)C4=O)C3=O. The van der Waals surface area contributed by atoms with Gasteiger partial charge in [-0.15, -0.1) is 0 Å². The van der Waals surface area contributed by atoms with Gasteiger partial charge in [0.25, 0.3) is 0 Å². The molecule has 8 nitrogen and oxygen atoms in total. The highest BCUT2D eigenvalue weighted by Crippen LogP contribution is 2.68. The summed E-state index contributed by atoms with van der Waals surface area (Å²) in [5, 5.41) is 21.4. The van der Waals surface area contributed by atoms with Crippen molar-refractivity contribution in [2.24, 2.45) is 11.8 Å². The molecule has 2 fully saturated rings. The summed E-state index contributed by atoms with van der Waals surface area (Å²) in [5.74, 6) is -2.28. The number of rotatable bonds is 8. The van der Waals surface area contributed by atoms with Gasteiger partial charge in [-0.3, -0.25) is 9.59 Å². The topological polar surface area (TPSA) is 119 Å². The Balaban J connectivity index is 1.59. The Morgan fingerprint density at radius 1 is 1.00 bits per heavy atom. The lowest BCUT2D eigenvalue weighted by Gasteiger charge is -2.56. The number of carbonyl (C=O) groups is 3. The molecule has 244 valence electrons. The third-order valence-corrected chi connectivity index (χ3v) is 10.5. The molecule has 1 saturated carbocycles. The van der Waals surface area contributed by atoms with Gasteiger partial charge in [-0.25, -0.2) is 4.79 Å². The van der Waals surface area contributed by atoms with Crippen LogP contribution < -0.4 is 9.47 Å². The summed E-state index contributed by atoms with van der Waals surface area (Å²) in [7, 11) is 0. The Morgan fingerprint density at radius 3 is 2.35 bits per heavy atom. The first-order valence-electron chi connectivity index (χ1n) is 16.2. The van der Waals surface area contributed by atoms with Crippen LogP contribution in [0.25, 0.3) is 6.08 Å². The number of ether oxygens (including phenoxy) is 3. The fourth-order valence-electron chi connectivity index (χ4n) is 8.17. The first kappa shape index (κ1) is 32.0. The van der Waals surface area contributed by atoms with Crippen molar-refractivity contribution in [1.82, 2.24) is 0 Å². The maximum atomic E-state index is 14.7. The molecule has 1 unspecified atom stereocenters. The van der Waals surface area contributed by atoms with Crippen molar-refractivity contribution in [3.63, 3.8) is 0 Å². The molecule has 0 amide bonds. The molecule has 3 heterocycles. The molecule has 4 bridgehead atoms. The lowest BCUT2D eigenvalue weighted by Crippen LogP contribution is -2.72. The Bertz CT molecular complexity index is 1730. The molecule has 46 heavy (non-hydrogen) atoms. The number of carbonyl (C=O) groups excluding carboxylic acids is 2. The lowest BCUT2D eigenvalue weighted by molar-refractivity contribution is -0.171. The van der Waals surface area contributed by atoms with Crippen LogP contribution in [0.15, 0.2) is 52.7 Å². The van der Waals surface area contributed by atoms with Gasteiger partial charge in [0, 0.05) is 35.0 Å². The number of aromatic hydroxyl groups is 1. The summed E-state index contributed by atoms with van der Waals surface area (Å²) in [6, 6.07) is 0. The normalized spacial score (nSPS) is 31.2. The second-order valence-electron chi connectivity index (χ2n) is 14.8. The van der Waals surface area contributed by atoms with Gasteiger partial charge < -0.3 is 24.4 Å². The van der Waals surface area contributed by atoms with Crippen LogP contribution in [0.3, 0.4) is 0 Å². The predicted octanol–water partition coefficient (Wildman–Crippen LogP) is 7.24. The first-order valence-corrected chi connectivity index (χ1v) is 16.2. The van der Waals surface area contributed by atoms with Crippen molar-refractivity contribution in [3.05, 3.63) is 69.4 Å². The van der Waals surface area contributed by atoms with E-state index in [0.717, 1.165) is 12.0 Å². The number of carboxylic acids is 1. The summed E-state index contributed by atoms with van der Waals surface area (Å²) >= 11 is 0. The molecule has 1 aromatic rings. The second-order valence-corrected chi connectivity index (χ2v) is 14.8. The van der Waals surface area contributed by atoms with E-state index >= 15 is 0 Å². The quantitative estimate of drug-likeness (QED) is 0.228. The fourth-order valence-corrected chi connectivity index (χ4v) is 8.17. The highest BCUT2D eigenvalue weighted by Gasteiger charge is 2.81. The summed E-state index contributed by atoms with van der Waals surface area (Å²) in [6.07, 6.45) is 13.4. The number of benzene rings is 1. The van der Waals surface area contributed by atoms with Gasteiger partial charge in [0.05, 0.1) is 11.2 Å². The molecule has 0 radical (unpaired) electrons. The molecule has 3 aliphatic carbocycles. The van der Waals surface area contributed by atoms with Crippen LogP contribution >= 0.6 is 0 Å². The predicted molar refractivity (Wildman–Crippen MR) is 174 cm³/mol. The fraction of sp³-hybridized carbons (Fsp3) is 0.500. The summed E-state index contributed by atoms with van der Waals surface area (Å²) in [4.78, 5) is 40.8. The van der Waals surface area contributed by atoms with Crippen molar-refractivity contribution < 1.29 is 38.8 Å². The number of Topliss-reactive ketones (excluding diaryl/α,β-unsaturated/α-hetero) is 2.